The van der Waals surface area contributed by atoms with Crippen molar-refractivity contribution < 1.29 is 19.4 Å². The summed E-state index contributed by atoms with van der Waals surface area (Å²) in [5, 5.41) is 20.0. The first-order valence-corrected chi connectivity index (χ1v) is 6.04. The number of hydrogen-bond donors (Lipinski definition) is 2. The third-order valence-corrected chi connectivity index (χ3v) is 3.31. The predicted molar refractivity (Wildman–Crippen MR) is 66.6 cm³/mol. The minimum Gasteiger partial charge on any atom is -0.481 e. The highest BCUT2D eigenvalue weighted by Gasteiger charge is 2.43. The fourth-order valence-electron chi connectivity index (χ4n) is 2.40. The highest BCUT2D eigenvalue weighted by molar-refractivity contribution is 5.72. The molecule has 0 radical (unpaired) electrons. The summed E-state index contributed by atoms with van der Waals surface area (Å²) in [5.41, 5.74) is -1.24. The van der Waals surface area contributed by atoms with Gasteiger partial charge in [-0.15, -0.1) is 0 Å². The number of hydrogen-bond acceptors (Lipinski definition) is 2. The number of aliphatic carboxylic acids is 1. The summed E-state index contributed by atoms with van der Waals surface area (Å²) >= 11 is 0. The van der Waals surface area contributed by atoms with Crippen LogP contribution in [0.5, 0.6) is 0 Å². The number of aliphatic hydroxyl groups is 1. The van der Waals surface area contributed by atoms with Gasteiger partial charge < -0.3 is 10.2 Å². The highest BCUT2D eigenvalue weighted by atomic mass is 19.1. The predicted octanol–water partition coefficient (Wildman–Crippen LogP) is 2.78. The van der Waals surface area contributed by atoms with Crippen molar-refractivity contribution in [3.8, 4) is 0 Å². The van der Waals surface area contributed by atoms with E-state index in [0.717, 1.165) is 0 Å². The summed E-state index contributed by atoms with van der Waals surface area (Å²) < 4.78 is 13.2. The van der Waals surface area contributed by atoms with Crippen LogP contribution in [0.1, 0.15) is 32.8 Å². The average Bonchev–Trinajstić information content (AvgIpc) is 2.27. The van der Waals surface area contributed by atoms with Crippen LogP contribution in [-0.2, 0) is 10.4 Å². The number of rotatable bonds is 5. The van der Waals surface area contributed by atoms with Crippen molar-refractivity contribution in [2.75, 3.05) is 0 Å². The molecule has 1 rings (SSSR count). The van der Waals surface area contributed by atoms with Crippen LogP contribution in [0.15, 0.2) is 24.3 Å². The Morgan fingerprint density at radius 3 is 2.44 bits per heavy atom. The molecular formula is C14H19FO3. The van der Waals surface area contributed by atoms with Gasteiger partial charge in [-0.3, -0.25) is 4.79 Å². The second-order valence-electron chi connectivity index (χ2n) is 4.85. The molecule has 0 amide bonds. The molecule has 0 aliphatic rings. The molecular weight excluding hydrogens is 235 g/mol. The third kappa shape index (κ3) is 2.70. The molecule has 2 unspecified atom stereocenters. The number of benzene rings is 1. The number of carboxylic acid groups (broad SMARTS) is 1. The Hall–Kier alpha value is -1.42. The lowest BCUT2D eigenvalue weighted by atomic mass is 9.74. The van der Waals surface area contributed by atoms with E-state index >= 15 is 0 Å². The van der Waals surface area contributed by atoms with Crippen molar-refractivity contribution in [2.24, 2.45) is 11.8 Å². The standard InChI is InChI=1S/C14H19FO3/c1-4-14(18,12(9(2)3)13(16)17)10-6-5-7-11(15)8-10/h5-9,12,18H,4H2,1-3H3,(H,16,17). The molecule has 0 fully saturated rings. The van der Waals surface area contributed by atoms with Gasteiger partial charge in [0.2, 0.25) is 0 Å². The minimum atomic E-state index is -1.55. The van der Waals surface area contributed by atoms with Crippen LogP contribution in [0.25, 0.3) is 0 Å². The highest BCUT2D eigenvalue weighted by Crippen LogP contribution is 2.37. The zero-order chi connectivity index (χ0) is 13.9. The normalized spacial score (nSPS) is 16.3. The summed E-state index contributed by atoms with van der Waals surface area (Å²) in [6, 6.07) is 5.50. The molecule has 1 aromatic rings. The zero-order valence-electron chi connectivity index (χ0n) is 10.9. The van der Waals surface area contributed by atoms with Crippen LogP contribution < -0.4 is 0 Å². The van der Waals surface area contributed by atoms with E-state index in [4.69, 9.17) is 0 Å². The molecule has 18 heavy (non-hydrogen) atoms. The number of carboxylic acids is 1. The van der Waals surface area contributed by atoms with Crippen LogP contribution in [-0.4, -0.2) is 16.2 Å². The van der Waals surface area contributed by atoms with Gasteiger partial charge in [-0.05, 0) is 30.0 Å². The Balaban J connectivity index is 3.30. The van der Waals surface area contributed by atoms with Crippen LogP contribution >= 0.6 is 0 Å². The Morgan fingerprint density at radius 1 is 1.44 bits per heavy atom. The topological polar surface area (TPSA) is 57.5 Å². The SMILES string of the molecule is CCC(O)(c1cccc(F)c1)C(C(=O)O)C(C)C. The molecule has 0 aliphatic carbocycles. The second kappa shape index (κ2) is 5.48. The van der Waals surface area contributed by atoms with Gasteiger partial charge in [-0.25, -0.2) is 4.39 Å². The molecule has 0 spiro atoms. The fourth-order valence-corrected chi connectivity index (χ4v) is 2.40. The Kier molecular flexibility index (Phi) is 4.46. The van der Waals surface area contributed by atoms with Crippen molar-refractivity contribution in [2.45, 2.75) is 32.8 Å². The second-order valence-corrected chi connectivity index (χ2v) is 4.85. The van der Waals surface area contributed by atoms with Crippen LogP contribution in [0, 0.1) is 17.7 Å². The molecule has 0 saturated carbocycles. The average molecular weight is 254 g/mol. The molecule has 2 N–H and O–H groups in total. The lowest BCUT2D eigenvalue weighted by molar-refractivity contribution is -0.157. The monoisotopic (exact) mass is 254 g/mol. The molecule has 0 aromatic heterocycles. The van der Waals surface area contributed by atoms with E-state index < -0.39 is 23.3 Å². The number of carbonyl (C=O) groups is 1. The van der Waals surface area contributed by atoms with Gasteiger partial charge in [-0.2, -0.15) is 0 Å². The Morgan fingerprint density at radius 2 is 2.06 bits per heavy atom. The Labute approximate surface area is 106 Å². The Bertz CT molecular complexity index is 431. The van der Waals surface area contributed by atoms with Crippen molar-refractivity contribution in [1.29, 1.82) is 0 Å². The van der Waals surface area contributed by atoms with E-state index in [0.29, 0.717) is 5.56 Å². The van der Waals surface area contributed by atoms with E-state index in [1.54, 1.807) is 26.8 Å². The maximum absolute atomic E-state index is 13.2. The van der Waals surface area contributed by atoms with Gasteiger partial charge in [0.05, 0.1) is 5.92 Å². The minimum absolute atomic E-state index is 0.214. The van der Waals surface area contributed by atoms with Gasteiger partial charge >= 0.3 is 5.97 Å². The van der Waals surface area contributed by atoms with Gasteiger partial charge in [0, 0.05) is 0 Å². The van der Waals surface area contributed by atoms with Crippen LogP contribution in [0.4, 0.5) is 4.39 Å². The van der Waals surface area contributed by atoms with Gasteiger partial charge in [-0.1, -0.05) is 32.9 Å². The first-order chi connectivity index (χ1) is 8.32. The summed E-state index contributed by atoms with van der Waals surface area (Å²) in [5.74, 6) is -2.77. The quantitative estimate of drug-likeness (QED) is 0.849. The molecule has 0 bridgehead atoms. The lowest BCUT2D eigenvalue weighted by Gasteiger charge is -2.35. The first-order valence-electron chi connectivity index (χ1n) is 6.04. The molecule has 2 atom stereocenters. The molecule has 0 heterocycles. The van der Waals surface area contributed by atoms with Crippen molar-refractivity contribution in [1.82, 2.24) is 0 Å². The third-order valence-electron chi connectivity index (χ3n) is 3.31. The smallest absolute Gasteiger partial charge is 0.310 e. The number of halogens is 1. The summed E-state index contributed by atoms with van der Waals surface area (Å²) in [4.78, 5) is 11.4. The summed E-state index contributed by atoms with van der Waals surface area (Å²) in [6.45, 7) is 5.17. The molecule has 0 aliphatic heterocycles. The summed E-state index contributed by atoms with van der Waals surface area (Å²) in [6.07, 6.45) is 0.214. The van der Waals surface area contributed by atoms with E-state index in [1.165, 1.54) is 18.2 Å². The van der Waals surface area contributed by atoms with Crippen LogP contribution in [0.3, 0.4) is 0 Å². The molecule has 100 valence electrons. The van der Waals surface area contributed by atoms with Gasteiger partial charge in [0.15, 0.2) is 0 Å². The molecule has 3 nitrogen and oxygen atoms in total. The van der Waals surface area contributed by atoms with Gasteiger partial charge in [0.1, 0.15) is 11.4 Å². The largest absolute Gasteiger partial charge is 0.481 e. The first kappa shape index (κ1) is 14.6. The fraction of sp³-hybridized carbons (Fsp3) is 0.500. The zero-order valence-corrected chi connectivity index (χ0v) is 10.9. The van der Waals surface area contributed by atoms with E-state index in [9.17, 15) is 19.4 Å². The van der Waals surface area contributed by atoms with Crippen molar-refractivity contribution in [3.63, 3.8) is 0 Å². The molecule has 0 saturated heterocycles. The van der Waals surface area contributed by atoms with E-state index in [1.807, 2.05) is 0 Å². The van der Waals surface area contributed by atoms with Crippen molar-refractivity contribution in [3.05, 3.63) is 35.6 Å². The molecule has 1 aromatic carbocycles. The van der Waals surface area contributed by atoms with Crippen LogP contribution in [0.2, 0.25) is 0 Å². The molecule has 4 heteroatoms. The van der Waals surface area contributed by atoms with Gasteiger partial charge in [0.25, 0.3) is 0 Å². The summed E-state index contributed by atoms with van der Waals surface area (Å²) in [7, 11) is 0. The van der Waals surface area contributed by atoms with E-state index in [-0.39, 0.29) is 12.3 Å². The maximum atomic E-state index is 13.2. The maximum Gasteiger partial charge on any atom is 0.310 e. The van der Waals surface area contributed by atoms with E-state index in [2.05, 4.69) is 0 Å². The lowest BCUT2D eigenvalue weighted by Crippen LogP contribution is -2.42. The van der Waals surface area contributed by atoms with Crippen molar-refractivity contribution >= 4 is 5.97 Å².